The quantitative estimate of drug-likeness (QED) is 0.333. The van der Waals surface area contributed by atoms with Crippen molar-refractivity contribution >= 4 is 50.8 Å². The van der Waals surface area contributed by atoms with Crippen molar-refractivity contribution in [3.8, 4) is 11.5 Å². The molecule has 3 aromatic rings. The third-order valence-electron chi connectivity index (χ3n) is 4.72. The Labute approximate surface area is 199 Å². The van der Waals surface area contributed by atoms with E-state index in [0.717, 1.165) is 21.3 Å². The average Bonchev–Trinajstić information content (AvgIpc) is 2.73. The van der Waals surface area contributed by atoms with Crippen LogP contribution in [0.25, 0.3) is 0 Å². The number of carboxylic acids is 1. The molecule has 0 heterocycles. The van der Waals surface area contributed by atoms with Crippen LogP contribution < -0.4 is 14.8 Å². The Hall–Kier alpha value is -2.41. The summed E-state index contributed by atoms with van der Waals surface area (Å²) >= 11 is 16.0. The highest BCUT2D eigenvalue weighted by Gasteiger charge is 2.14. The largest absolute Gasteiger partial charge is 0.493 e. The first-order chi connectivity index (χ1) is 14.8. The Morgan fingerprint density at radius 2 is 1.81 bits per heavy atom. The van der Waals surface area contributed by atoms with Gasteiger partial charge in [0.15, 0.2) is 11.5 Å². The molecule has 3 rings (SSSR count). The molecular formula is C23H20BrCl2NO4. The van der Waals surface area contributed by atoms with E-state index in [0.29, 0.717) is 33.7 Å². The molecule has 0 unspecified atom stereocenters. The average molecular weight is 525 g/mol. The molecule has 8 heteroatoms. The standard InChI is InChI=1S/C23H20BrCl2NO4/c1-13-6-7-14(23(28)29)8-20(13)27-11-15-9-21(30-2)22(10-17(15)24)31-12-16-18(25)4-3-5-19(16)26/h3-10,27H,11-12H2,1-2H3,(H,28,29). The van der Waals surface area contributed by atoms with E-state index in [-0.39, 0.29) is 12.2 Å². The van der Waals surface area contributed by atoms with Crippen molar-refractivity contribution < 1.29 is 19.4 Å². The summed E-state index contributed by atoms with van der Waals surface area (Å²) in [5, 5.41) is 13.6. The minimum Gasteiger partial charge on any atom is -0.493 e. The number of carboxylic acid groups (broad SMARTS) is 1. The molecule has 0 saturated heterocycles. The van der Waals surface area contributed by atoms with Gasteiger partial charge in [0.2, 0.25) is 0 Å². The summed E-state index contributed by atoms with van der Waals surface area (Å²) in [4.78, 5) is 11.2. The maximum absolute atomic E-state index is 11.2. The van der Waals surface area contributed by atoms with Crippen molar-refractivity contribution in [2.24, 2.45) is 0 Å². The fourth-order valence-electron chi connectivity index (χ4n) is 2.94. The highest BCUT2D eigenvalue weighted by molar-refractivity contribution is 9.10. The van der Waals surface area contributed by atoms with Crippen LogP contribution in [0.15, 0.2) is 53.0 Å². The Kier molecular flexibility index (Phi) is 7.70. The molecule has 0 aliphatic rings. The molecule has 0 fully saturated rings. The van der Waals surface area contributed by atoms with Gasteiger partial charge in [-0.05, 0) is 54.4 Å². The summed E-state index contributed by atoms with van der Waals surface area (Å²) in [7, 11) is 1.57. The topological polar surface area (TPSA) is 67.8 Å². The van der Waals surface area contributed by atoms with E-state index >= 15 is 0 Å². The first kappa shape index (κ1) is 23.3. The number of ether oxygens (including phenoxy) is 2. The zero-order valence-corrected chi connectivity index (χ0v) is 19.9. The third kappa shape index (κ3) is 5.64. The van der Waals surface area contributed by atoms with Gasteiger partial charge < -0.3 is 19.9 Å². The van der Waals surface area contributed by atoms with Gasteiger partial charge in [0, 0.05) is 32.3 Å². The molecule has 0 aliphatic carbocycles. The van der Waals surface area contributed by atoms with Crippen molar-refractivity contribution in [2.75, 3.05) is 12.4 Å². The van der Waals surface area contributed by atoms with Crippen LogP contribution in [-0.2, 0) is 13.2 Å². The first-order valence-electron chi connectivity index (χ1n) is 9.30. The Bertz CT molecular complexity index is 1100. The zero-order valence-electron chi connectivity index (χ0n) is 16.8. The molecule has 0 amide bonds. The van der Waals surface area contributed by atoms with E-state index in [9.17, 15) is 9.90 Å². The maximum atomic E-state index is 11.2. The summed E-state index contributed by atoms with van der Waals surface area (Å²) in [6.45, 7) is 2.57. The summed E-state index contributed by atoms with van der Waals surface area (Å²) in [5.41, 5.74) is 3.54. The van der Waals surface area contributed by atoms with E-state index in [1.807, 2.05) is 19.1 Å². The third-order valence-corrected chi connectivity index (χ3v) is 6.17. The SMILES string of the molecule is COc1cc(CNc2cc(C(=O)O)ccc2C)c(Br)cc1OCc1c(Cl)cccc1Cl. The van der Waals surface area contributed by atoms with Gasteiger partial charge in [-0.15, -0.1) is 0 Å². The molecule has 2 N–H and O–H groups in total. The van der Waals surface area contributed by atoms with Crippen molar-refractivity contribution in [1.82, 2.24) is 0 Å². The Morgan fingerprint density at radius 3 is 2.45 bits per heavy atom. The van der Waals surface area contributed by atoms with Crippen molar-refractivity contribution in [1.29, 1.82) is 0 Å². The Morgan fingerprint density at radius 1 is 1.10 bits per heavy atom. The number of benzene rings is 3. The predicted molar refractivity (Wildman–Crippen MR) is 127 cm³/mol. The number of halogens is 3. The molecule has 0 bridgehead atoms. The first-order valence-corrected chi connectivity index (χ1v) is 10.8. The van der Waals surface area contributed by atoms with Gasteiger partial charge in [0.05, 0.1) is 12.7 Å². The highest BCUT2D eigenvalue weighted by Crippen LogP contribution is 2.35. The second kappa shape index (κ2) is 10.3. The molecule has 0 atom stereocenters. The molecule has 0 aliphatic heterocycles. The molecule has 31 heavy (non-hydrogen) atoms. The number of carbonyl (C=O) groups is 1. The Balaban J connectivity index is 1.78. The fourth-order valence-corrected chi connectivity index (χ4v) is 3.91. The van der Waals surface area contributed by atoms with E-state index in [2.05, 4.69) is 21.2 Å². The number of nitrogens with one attached hydrogen (secondary N) is 1. The van der Waals surface area contributed by atoms with Gasteiger partial charge >= 0.3 is 5.97 Å². The van der Waals surface area contributed by atoms with Crippen LogP contribution in [0.2, 0.25) is 10.0 Å². The van der Waals surface area contributed by atoms with Gasteiger partial charge in [-0.3, -0.25) is 0 Å². The van der Waals surface area contributed by atoms with Crippen LogP contribution >= 0.6 is 39.1 Å². The second-order valence-corrected chi connectivity index (χ2v) is 8.44. The van der Waals surface area contributed by atoms with E-state index in [1.165, 1.54) is 0 Å². The minimum atomic E-state index is -0.967. The van der Waals surface area contributed by atoms with Gasteiger partial charge in [-0.25, -0.2) is 4.79 Å². The van der Waals surface area contributed by atoms with E-state index in [4.69, 9.17) is 32.7 Å². The number of methoxy groups -OCH3 is 1. The van der Waals surface area contributed by atoms with Crippen molar-refractivity contribution in [2.45, 2.75) is 20.1 Å². The lowest BCUT2D eigenvalue weighted by Crippen LogP contribution is -2.05. The highest BCUT2D eigenvalue weighted by atomic mass is 79.9. The molecule has 0 radical (unpaired) electrons. The summed E-state index contributed by atoms with van der Waals surface area (Å²) in [5.74, 6) is 0.128. The molecule has 0 saturated carbocycles. The van der Waals surface area contributed by atoms with Crippen molar-refractivity contribution in [3.05, 3.63) is 85.3 Å². The van der Waals surface area contributed by atoms with Crippen LogP contribution in [0, 0.1) is 6.92 Å². The number of rotatable bonds is 8. The lowest BCUT2D eigenvalue weighted by atomic mass is 10.1. The van der Waals surface area contributed by atoms with Crippen molar-refractivity contribution in [3.63, 3.8) is 0 Å². The molecular weight excluding hydrogens is 505 g/mol. The summed E-state index contributed by atoms with van der Waals surface area (Å²) in [6, 6.07) is 14.0. The normalized spacial score (nSPS) is 10.6. The van der Waals surface area contributed by atoms with Crippen LogP contribution in [0.4, 0.5) is 5.69 Å². The van der Waals surface area contributed by atoms with Crippen LogP contribution in [-0.4, -0.2) is 18.2 Å². The summed E-state index contributed by atoms with van der Waals surface area (Å²) < 4.78 is 12.2. The maximum Gasteiger partial charge on any atom is 0.335 e. The minimum absolute atomic E-state index is 0.195. The molecule has 0 aromatic heterocycles. The monoisotopic (exact) mass is 523 g/mol. The van der Waals surface area contributed by atoms with Gasteiger partial charge in [-0.2, -0.15) is 0 Å². The van der Waals surface area contributed by atoms with Gasteiger partial charge in [-0.1, -0.05) is 51.3 Å². The number of hydrogen-bond donors (Lipinski definition) is 2. The number of aryl methyl sites for hydroxylation is 1. The van der Waals surface area contributed by atoms with Gasteiger partial charge in [0.25, 0.3) is 0 Å². The molecule has 162 valence electrons. The summed E-state index contributed by atoms with van der Waals surface area (Å²) in [6.07, 6.45) is 0. The molecule has 3 aromatic carbocycles. The molecule has 5 nitrogen and oxygen atoms in total. The lowest BCUT2D eigenvalue weighted by Gasteiger charge is -2.16. The number of aromatic carboxylic acids is 1. The number of hydrogen-bond acceptors (Lipinski definition) is 4. The predicted octanol–water partition coefficient (Wildman–Crippen LogP) is 6.96. The van der Waals surface area contributed by atoms with Crippen LogP contribution in [0.5, 0.6) is 11.5 Å². The van der Waals surface area contributed by atoms with E-state index < -0.39 is 5.97 Å². The van der Waals surface area contributed by atoms with E-state index in [1.54, 1.807) is 43.5 Å². The van der Waals surface area contributed by atoms with Gasteiger partial charge in [0.1, 0.15) is 6.61 Å². The molecule has 0 spiro atoms. The number of anilines is 1. The zero-order chi connectivity index (χ0) is 22.5. The van der Waals surface area contributed by atoms with Crippen LogP contribution in [0.3, 0.4) is 0 Å². The van der Waals surface area contributed by atoms with Crippen LogP contribution in [0.1, 0.15) is 27.0 Å². The fraction of sp³-hybridized carbons (Fsp3) is 0.174. The lowest BCUT2D eigenvalue weighted by molar-refractivity contribution is 0.0697. The smallest absolute Gasteiger partial charge is 0.335 e. The second-order valence-electron chi connectivity index (χ2n) is 6.77.